The zero-order valence-corrected chi connectivity index (χ0v) is 10.1. The number of ether oxygens (including phenoxy) is 1. The normalized spacial score (nSPS) is 10.7. The Balaban J connectivity index is 1.83. The Kier molecular flexibility index (Phi) is 2.82. The van der Waals surface area contributed by atoms with Crippen molar-refractivity contribution in [3.63, 3.8) is 0 Å². The number of halogens is 1. The topological polar surface area (TPSA) is 52.3 Å². The molecule has 0 saturated carbocycles. The maximum atomic E-state index is 5.88. The van der Waals surface area contributed by atoms with Crippen LogP contribution in [0.25, 0.3) is 5.65 Å². The summed E-state index contributed by atoms with van der Waals surface area (Å²) in [6, 6.07) is 7.19. The molecule has 0 unspecified atom stereocenters. The third kappa shape index (κ3) is 2.12. The van der Waals surface area contributed by atoms with Gasteiger partial charge in [-0.3, -0.25) is 9.38 Å². The number of rotatable bonds is 3. The van der Waals surface area contributed by atoms with Crippen molar-refractivity contribution < 1.29 is 4.74 Å². The van der Waals surface area contributed by atoms with Crippen LogP contribution in [0.4, 0.5) is 0 Å². The molecular weight excluding hydrogens is 252 g/mol. The van der Waals surface area contributed by atoms with Gasteiger partial charge in [0.15, 0.2) is 11.5 Å². The largest absolute Gasteiger partial charge is 0.484 e. The summed E-state index contributed by atoms with van der Waals surface area (Å²) in [5.74, 6) is 1.41. The Hall–Kier alpha value is -2.14. The Morgan fingerprint density at radius 3 is 3.06 bits per heavy atom. The highest BCUT2D eigenvalue weighted by Crippen LogP contribution is 2.13. The van der Waals surface area contributed by atoms with E-state index in [2.05, 4.69) is 15.2 Å². The zero-order chi connectivity index (χ0) is 12.4. The molecule has 0 fully saturated rings. The molecule has 0 N–H and O–H groups in total. The first kappa shape index (κ1) is 11.0. The molecule has 0 aliphatic heterocycles. The summed E-state index contributed by atoms with van der Waals surface area (Å²) >= 11 is 5.88. The van der Waals surface area contributed by atoms with Gasteiger partial charge in [-0.1, -0.05) is 11.6 Å². The lowest BCUT2D eigenvalue weighted by Crippen LogP contribution is -2.01. The van der Waals surface area contributed by atoms with Gasteiger partial charge < -0.3 is 4.74 Å². The van der Waals surface area contributed by atoms with Gasteiger partial charge in [-0.25, -0.2) is 0 Å². The Morgan fingerprint density at radius 2 is 2.22 bits per heavy atom. The third-order valence-corrected chi connectivity index (χ3v) is 2.68. The lowest BCUT2D eigenvalue weighted by molar-refractivity contribution is 0.293. The predicted molar refractivity (Wildman–Crippen MR) is 66.6 cm³/mol. The molecule has 18 heavy (non-hydrogen) atoms. The summed E-state index contributed by atoms with van der Waals surface area (Å²) < 4.78 is 7.41. The molecule has 0 aliphatic rings. The molecule has 0 amide bonds. The van der Waals surface area contributed by atoms with Crippen molar-refractivity contribution >= 4 is 17.2 Å². The van der Waals surface area contributed by atoms with Crippen LogP contribution in [0.1, 0.15) is 5.82 Å². The molecule has 0 atom stereocenters. The molecule has 3 heterocycles. The Morgan fingerprint density at radius 1 is 1.28 bits per heavy atom. The van der Waals surface area contributed by atoms with E-state index in [4.69, 9.17) is 16.3 Å². The first-order chi connectivity index (χ1) is 8.83. The molecule has 0 bridgehead atoms. The third-order valence-electron chi connectivity index (χ3n) is 2.44. The summed E-state index contributed by atoms with van der Waals surface area (Å²) in [6.45, 7) is 0.328. The highest BCUT2D eigenvalue weighted by Gasteiger charge is 2.06. The molecule has 3 rings (SSSR count). The van der Waals surface area contributed by atoms with Crippen molar-refractivity contribution in [1.29, 1.82) is 0 Å². The van der Waals surface area contributed by atoms with Gasteiger partial charge in [-0.15, -0.1) is 10.2 Å². The lowest BCUT2D eigenvalue weighted by Gasteiger charge is -2.03. The monoisotopic (exact) mass is 260 g/mol. The van der Waals surface area contributed by atoms with Crippen molar-refractivity contribution in [2.24, 2.45) is 0 Å². The van der Waals surface area contributed by atoms with Gasteiger partial charge in [0.05, 0.1) is 6.20 Å². The number of fused-ring (bicyclic) bond motifs is 1. The minimum Gasteiger partial charge on any atom is -0.484 e. The van der Waals surface area contributed by atoms with E-state index >= 15 is 0 Å². The maximum Gasteiger partial charge on any atom is 0.175 e. The van der Waals surface area contributed by atoms with Crippen LogP contribution >= 0.6 is 11.6 Å². The van der Waals surface area contributed by atoms with Gasteiger partial charge in [0, 0.05) is 23.5 Å². The number of aromatic nitrogens is 4. The fourth-order valence-corrected chi connectivity index (χ4v) is 1.75. The molecule has 3 aromatic heterocycles. The maximum absolute atomic E-state index is 5.88. The van der Waals surface area contributed by atoms with E-state index in [0.29, 0.717) is 28.9 Å². The van der Waals surface area contributed by atoms with Crippen molar-refractivity contribution in [2.45, 2.75) is 6.61 Å². The summed E-state index contributed by atoms with van der Waals surface area (Å²) in [4.78, 5) is 3.97. The Bertz CT molecular complexity index is 668. The number of pyridine rings is 2. The van der Waals surface area contributed by atoms with Gasteiger partial charge in [-0.2, -0.15) is 0 Å². The molecule has 90 valence electrons. The molecule has 0 aliphatic carbocycles. The molecule has 5 nitrogen and oxygen atoms in total. The van der Waals surface area contributed by atoms with Gasteiger partial charge in [0.1, 0.15) is 12.4 Å². The average molecular weight is 261 g/mol. The highest BCUT2D eigenvalue weighted by molar-refractivity contribution is 6.30. The summed E-state index contributed by atoms with van der Waals surface area (Å²) in [7, 11) is 0. The van der Waals surface area contributed by atoms with Crippen molar-refractivity contribution in [1.82, 2.24) is 19.6 Å². The highest BCUT2D eigenvalue weighted by atomic mass is 35.5. The zero-order valence-electron chi connectivity index (χ0n) is 9.32. The van der Waals surface area contributed by atoms with Crippen LogP contribution in [0.5, 0.6) is 5.75 Å². The van der Waals surface area contributed by atoms with Crippen molar-refractivity contribution in [3.8, 4) is 5.75 Å². The van der Waals surface area contributed by atoms with E-state index in [-0.39, 0.29) is 0 Å². The number of hydrogen-bond donors (Lipinski definition) is 0. The fourth-order valence-electron chi connectivity index (χ4n) is 1.59. The van der Waals surface area contributed by atoms with Crippen LogP contribution in [0.15, 0.2) is 42.9 Å². The first-order valence-electron chi connectivity index (χ1n) is 5.35. The smallest absolute Gasteiger partial charge is 0.175 e. The number of hydrogen-bond acceptors (Lipinski definition) is 4. The van der Waals surface area contributed by atoms with Crippen molar-refractivity contribution in [2.75, 3.05) is 0 Å². The second kappa shape index (κ2) is 4.62. The van der Waals surface area contributed by atoms with Gasteiger partial charge in [0.25, 0.3) is 0 Å². The molecular formula is C12H9ClN4O. The van der Waals surface area contributed by atoms with Crippen LogP contribution < -0.4 is 4.74 Å². The molecule has 3 aromatic rings. The molecule has 0 saturated heterocycles. The van der Waals surface area contributed by atoms with Gasteiger partial charge in [-0.05, 0) is 18.2 Å². The number of nitrogens with zero attached hydrogens (tertiary/aromatic N) is 4. The van der Waals surface area contributed by atoms with E-state index in [0.717, 1.165) is 0 Å². The standard InChI is InChI=1S/C12H9ClN4O/c13-9-3-5-17-11(6-9)15-16-12(17)8-18-10-2-1-4-14-7-10/h1-7H,8H2. The summed E-state index contributed by atoms with van der Waals surface area (Å²) in [5.41, 5.74) is 0.701. The predicted octanol–water partition coefficient (Wildman–Crippen LogP) is 2.36. The second-order valence-electron chi connectivity index (χ2n) is 3.67. The summed E-state index contributed by atoms with van der Waals surface area (Å²) in [6.07, 6.45) is 5.17. The van der Waals surface area contributed by atoms with Crippen LogP contribution in [0.2, 0.25) is 5.02 Å². The first-order valence-corrected chi connectivity index (χ1v) is 5.73. The second-order valence-corrected chi connectivity index (χ2v) is 4.10. The molecule has 0 spiro atoms. The fraction of sp³-hybridized carbons (Fsp3) is 0.0833. The van der Waals surface area contributed by atoms with Crippen LogP contribution in [0.3, 0.4) is 0 Å². The van der Waals surface area contributed by atoms with E-state index in [1.807, 2.05) is 22.7 Å². The minimum atomic E-state index is 0.328. The van der Waals surface area contributed by atoms with E-state index in [1.54, 1.807) is 24.5 Å². The van der Waals surface area contributed by atoms with E-state index in [1.165, 1.54) is 0 Å². The molecule has 6 heteroatoms. The van der Waals surface area contributed by atoms with Crippen molar-refractivity contribution in [3.05, 3.63) is 53.7 Å². The van der Waals surface area contributed by atoms with Crippen LogP contribution in [0, 0.1) is 0 Å². The van der Waals surface area contributed by atoms with Crippen LogP contribution in [-0.4, -0.2) is 19.6 Å². The van der Waals surface area contributed by atoms with Crippen LogP contribution in [-0.2, 0) is 6.61 Å². The lowest BCUT2D eigenvalue weighted by atomic mass is 10.4. The van der Waals surface area contributed by atoms with E-state index in [9.17, 15) is 0 Å². The van der Waals surface area contributed by atoms with Gasteiger partial charge in [0.2, 0.25) is 0 Å². The minimum absolute atomic E-state index is 0.328. The molecule has 0 aromatic carbocycles. The quantitative estimate of drug-likeness (QED) is 0.725. The summed E-state index contributed by atoms with van der Waals surface area (Å²) in [5, 5.41) is 8.72. The Labute approximate surface area is 108 Å². The SMILES string of the molecule is Clc1ccn2c(COc3cccnc3)nnc2c1. The molecule has 0 radical (unpaired) electrons. The van der Waals surface area contributed by atoms with Gasteiger partial charge >= 0.3 is 0 Å². The van der Waals surface area contributed by atoms with E-state index < -0.39 is 0 Å². The average Bonchev–Trinajstić information content (AvgIpc) is 2.80.